The van der Waals surface area contributed by atoms with Gasteiger partial charge in [0.1, 0.15) is 5.75 Å². The van der Waals surface area contributed by atoms with Crippen molar-refractivity contribution in [3.05, 3.63) is 40.8 Å². The van der Waals surface area contributed by atoms with Gasteiger partial charge in [-0.05, 0) is 42.7 Å². The van der Waals surface area contributed by atoms with Crippen LogP contribution in [-0.2, 0) is 11.3 Å². The van der Waals surface area contributed by atoms with Crippen LogP contribution in [0.2, 0.25) is 0 Å². The second kappa shape index (κ2) is 9.74. The largest absolute Gasteiger partial charge is 0.495 e. The number of ether oxygens (including phenoxy) is 2. The zero-order chi connectivity index (χ0) is 23.8. The minimum atomic E-state index is 0.144. The van der Waals surface area contributed by atoms with Crippen LogP contribution in [0, 0.1) is 17.8 Å². The molecule has 0 N–H and O–H groups in total. The summed E-state index contributed by atoms with van der Waals surface area (Å²) < 4.78 is 15.7. The van der Waals surface area contributed by atoms with Crippen molar-refractivity contribution in [2.24, 2.45) is 17.8 Å². The zero-order valence-electron chi connectivity index (χ0n) is 21.1. The molecule has 184 valence electrons. The SMILES string of the molecule is COc1cccc2c3c(=O)n([C@@H]4C[C@H](C)CC[C@H]4C(C)C)ccc3n(CCN3CCOCC3)c12. The Kier molecular flexibility index (Phi) is 6.72. The average Bonchev–Trinajstić information content (AvgIpc) is 3.17. The third-order valence-corrected chi connectivity index (χ3v) is 8.23. The van der Waals surface area contributed by atoms with Crippen molar-refractivity contribution in [2.75, 3.05) is 40.0 Å². The molecule has 2 aromatic heterocycles. The van der Waals surface area contributed by atoms with Crippen LogP contribution < -0.4 is 10.3 Å². The lowest BCUT2D eigenvalue weighted by Gasteiger charge is -2.38. The Morgan fingerprint density at radius 1 is 1.12 bits per heavy atom. The van der Waals surface area contributed by atoms with Gasteiger partial charge in [0.25, 0.3) is 5.56 Å². The Bertz CT molecular complexity index is 1210. The van der Waals surface area contributed by atoms with Crippen molar-refractivity contribution < 1.29 is 9.47 Å². The average molecular weight is 466 g/mol. The lowest BCUT2D eigenvalue weighted by molar-refractivity contribution is 0.0366. The van der Waals surface area contributed by atoms with E-state index < -0.39 is 0 Å². The van der Waals surface area contributed by atoms with E-state index in [1.165, 1.54) is 12.8 Å². The quantitative estimate of drug-likeness (QED) is 0.518. The van der Waals surface area contributed by atoms with Gasteiger partial charge in [-0.1, -0.05) is 39.3 Å². The second-order valence-corrected chi connectivity index (χ2v) is 10.6. The number of hydrogen-bond acceptors (Lipinski definition) is 4. The van der Waals surface area contributed by atoms with Crippen LogP contribution in [0.5, 0.6) is 5.75 Å². The van der Waals surface area contributed by atoms with Crippen molar-refractivity contribution in [1.82, 2.24) is 14.0 Å². The number of hydrogen-bond donors (Lipinski definition) is 0. The Morgan fingerprint density at radius 2 is 1.91 bits per heavy atom. The molecule has 6 heteroatoms. The highest BCUT2D eigenvalue weighted by Gasteiger charge is 2.33. The molecule has 5 rings (SSSR count). The first-order valence-corrected chi connectivity index (χ1v) is 13.0. The highest BCUT2D eigenvalue weighted by Crippen LogP contribution is 2.41. The molecule has 0 bridgehead atoms. The number of fused-ring (bicyclic) bond motifs is 3. The summed E-state index contributed by atoms with van der Waals surface area (Å²) in [5.41, 5.74) is 2.19. The summed E-state index contributed by atoms with van der Waals surface area (Å²) >= 11 is 0. The predicted molar refractivity (Wildman–Crippen MR) is 138 cm³/mol. The van der Waals surface area contributed by atoms with Crippen molar-refractivity contribution in [3.63, 3.8) is 0 Å². The molecule has 1 saturated heterocycles. The number of aromatic nitrogens is 2. The van der Waals surface area contributed by atoms with Crippen molar-refractivity contribution in [2.45, 2.75) is 52.6 Å². The molecular formula is C28H39N3O3. The van der Waals surface area contributed by atoms with Gasteiger partial charge >= 0.3 is 0 Å². The third kappa shape index (κ3) is 4.16. The summed E-state index contributed by atoms with van der Waals surface area (Å²) in [5.74, 6) is 2.58. The van der Waals surface area contributed by atoms with E-state index in [2.05, 4.69) is 53.1 Å². The van der Waals surface area contributed by atoms with E-state index >= 15 is 0 Å². The van der Waals surface area contributed by atoms with E-state index in [0.29, 0.717) is 17.8 Å². The molecule has 1 aliphatic carbocycles. The summed E-state index contributed by atoms with van der Waals surface area (Å²) in [6, 6.07) is 8.52. The van der Waals surface area contributed by atoms with Crippen molar-refractivity contribution in [3.8, 4) is 5.75 Å². The molecule has 34 heavy (non-hydrogen) atoms. The van der Waals surface area contributed by atoms with Gasteiger partial charge in [0.15, 0.2) is 0 Å². The molecule has 3 atom stereocenters. The summed E-state index contributed by atoms with van der Waals surface area (Å²) in [6.45, 7) is 12.2. The summed E-state index contributed by atoms with van der Waals surface area (Å²) in [7, 11) is 1.72. The molecule has 0 spiro atoms. The molecular weight excluding hydrogens is 426 g/mol. The van der Waals surface area contributed by atoms with Gasteiger partial charge in [-0.2, -0.15) is 0 Å². The van der Waals surface area contributed by atoms with Crippen LogP contribution in [0.1, 0.15) is 46.1 Å². The fourth-order valence-corrected chi connectivity index (χ4v) is 6.34. The highest BCUT2D eigenvalue weighted by atomic mass is 16.5. The fraction of sp³-hybridized carbons (Fsp3) is 0.607. The maximum Gasteiger partial charge on any atom is 0.260 e. The predicted octanol–water partition coefficient (Wildman–Crippen LogP) is 4.93. The number of rotatable bonds is 6. The van der Waals surface area contributed by atoms with E-state index in [9.17, 15) is 4.79 Å². The van der Waals surface area contributed by atoms with Crippen LogP contribution in [0.3, 0.4) is 0 Å². The van der Waals surface area contributed by atoms with E-state index in [0.717, 1.165) is 73.4 Å². The molecule has 6 nitrogen and oxygen atoms in total. The van der Waals surface area contributed by atoms with E-state index in [1.807, 2.05) is 12.1 Å². The smallest absolute Gasteiger partial charge is 0.260 e. The molecule has 2 fully saturated rings. The number of pyridine rings is 1. The number of para-hydroxylation sites is 1. The monoisotopic (exact) mass is 465 g/mol. The van der Waals surface area contributed by atoms with Gasteiger partial charge in [-0.3, -0.25) is 9.69 Å². The zero-order valence-corrected chi connectivity index (χ0v) is 21.1. The maximum atomic E-state index is 14.1. The van der Waals surface area contributed by atoms with Gasteiger partial charge < -0.3 is 18.6 Å². The lowest BCUT2D eigenvalue weighted by Crippen LogP contribution is -2.38. The molecule has 0 unspecified atom stereocenters. The number of nitrogens with zero attached hydrogens (tertiary/aromatic N) is 3. The topological polar surface area (TPSA) is 48.6 Å². The molecule has 0 amide bonds. The molecule has 1 aliphatic heterocycles. The number of methoxy groups -OCH3 is 1. The first-order chi connectivity index (χ1) is 16.5. The van der Waals surface area contributed by atoms with Crippen molar-refractivity contribution >= 4 is 21.8 Å². The summed E-state index contributed by atoms with van der Waals surface area (Å²) in [6.07, 6.45) is 5.60. The highest BCUT2D eigenvalue weighted by molar-refractivity contribution is 6.09. The van der Waals surface area contributed by atoms with Crippen molar-refractivity contribution in [1.29, 1.82) is 0 Å². The van der Waals surface area contributed by atoms with Gasteiger partial charge in [-0.25, -0.2) is 0 Å². The first kappa shape index (κ1) is 23.4. The number of benzene rings is 1. The van der Waals surface area contributed by atoms with Gasteiger partial charge in [0.05, 0.1) is 36.7 Å². The second-order valence-electron chi connectivity index (χ2n) is 10.6. The van der Waals surface area contributed by atoms with Crippen LogP contribution in [0.4, 0.5) is 0 Å². The maximum absolute atomic E-state index is 14.1. The van der Waals surface area contributed by atoms with Crippen LogP contribution in [0.15, 0.2) is 35.3 Å². The van der Waals surface area contributed by atoms with Crippen LogP contribution in [0.25, 0.3) is 21.8 Å². The Hall–Kier alpha value is -2.31. The Labute approximate surface area is 202 Å². The summed E-state index contributed by atoms with van der Waals surface area (Å²) in [5, 5.41) is 1.83. The fourth-order valence-electron chi connectivity index (χ4n) is 6.34. The molecule has 0 radical (unpaired) electrons. The van der Waals surface area contributed by atoms with E-state index in [4.69, 9.17) is 9.47 Å². The lowest BCUT2D eigenvalue weighted by atomic mass is 9.74. The van der Waals surface area contributed by atoms with E-state index in [-0.39, 0.29) is 11.6 Å². The summed E-state index contributed by atoms with van der Waals surface area (Å²) in [4.78, 5) is 16.6. The minimum absolute atomic E-state index is 0.144. The normalized spacial score (nSPS) is 24.3. The van der Waals surface area contributed by atoms with Crippen LogP contribution >= 0.6 is 0 Å². The Morgan fingerprint density at radius 3 is 2.65 bits per heavy atom. The third-order valence-electron chi connectivity index (χ3n) is 8.23. The number of morpholine rings is 1. The van der Waals surface area contributed by atoms with Gasteiger partial charge in [0.2, 0.25) is 0 Å². The Balaban J connectivity index is 1.64. The first-order valence-electron chi connectivity index (χ1n) is 13.0. The molecule has 2 aliphatic rings. The van der Waals surface area contributed by atoms with Gasteiger partial charge in [0, 0.05) is 43.8 Å². The van der Waals surface area contributed by atoms with E-state index in [1.54, 1.807) is 7.11 Å². The molecule has 3 aromatic rings. The molecule has 1 saturated carbocycles. The van der Waals surface area contributed by atoms with Gasteiger partial charge in [-0.15, -0.1) is 0 Å². The standard InChI is InChI=1S/C28H39N3O3/c1-19(2)21-9-8-20(3)18-24(21)31-11-10-23-26(28(31)32)22-6-5-7-25(33-4)27(22)30(23)13-12-29-14-16-34-17-15-29/h5-7,10-11,19-21,24H,8-9,12-18H2,1-4H3/t20-,21+,24-/m1/s1. The molecule has 1 aromatic carbocycles. The molecule has 3 heterocycles. The van der Waals surface area contributed by atoms with Crippen LogP contribution in [-0.4, -0.2) is 54.0 Å². The minimum Gasteiger partial charge on any atom is -0.495 e.